The second-order valence-corrected chi connectivity index (χ2v) is 7.10. The number of nitrogens with two attached hydrogens (primary N) is 1. The maximum atomic E-state index is 13.1. The van der Waals surface area contributed by atoms with Crippen molar-refractivity contribution in [2.45, 2.75) is 45.5 Å². The Labute approximate surface area is 174 Å². The molecule has 0 aliphatic carbocycles. The summed E-state index contributed by atoms with van der Waals surface area (Å²) in [6.45, 7) is 5.60. The molecule has 2 aromatic rings. The van der Waals surface area contributed by atoms with Crippen LogP contribution in [-0.2, 0) is 11.0 Å². The quantitative estimate of drug-likeness (QED) is 0.679. The average molecular weight is 421 g/mol. The number of nitrogens with zero attached hydrogens (tertiary/aromatic N) is 1. The molecule has 2 unspecified atom stereocenters. The highest BCUT2D eigenvalue weighted by molar-refractivity contribution is 5.79. The fourth-order valence-corrected chi connectivity index (χ4v) is 3.50. The Morgan fingerprint density at radius 2 is 1.80 bits per heavy atom. The van der Waals surface area contributed by atoms with Crippen LogP contribution in [-0.4, -0.2) is 23.4 Å². The van der Waals surface area contributed by atoms with Crippen LogP contribution in [0.1, 0.15) is 54.6 Å². The molecule has 0 bridgehead atoms. The maximum absolute atomic E-state index is 13.1. The van der Waals surface area contributed by atoms with Gasteiger partial charge in [-0.25, -0.2) is 4.79 Å². The van der Waals surface area contributed by atoms with E-state index in [1.165, 1.54) is 11.0 Å². The van der Waals surface area contributed by atoms with Crippen molar-refractivity contribution in [1.29, 1.82) is 0 Å². The Morgan fingerprint density at radius 3 is 2.37 bits per heavy atom. The highest BCUT2D eigenvalue weighted by Gasteiger charge is 2.32. The Hall–Kier alpha value is -3.03. The molecule has 5 nitrogen and oxygen atoms in total. The predicted molar refractivity (Wildman–Crippen MR) is 109 cm³/mol. The van der Waals surface area contributed by atoms with Crippen LogP contribution in [0.15, 0.2) is 48.5 Å². The van der Waals surface area contributed by atoms with Gasteiger partial charge < -0.3 is 16.0 Å². The second-order valence-electron chi connectivity index (χ2n) is 7.10. The van der Waals surface area contributed by atoms with Gasteiger partial charge in [0.2, 0.25) is 5.91 Å². The predicted octanol–water partition coefficient (Wildman–Crippen LogP) is 4.72. The van der Waals surface area contributed by atoms with Crippen molar-refractivity contribution in [2.75, 3.05) is 6.54 Å². The highest BCUT2D eigenvalue weighted by Crippen LogP contribution is 2.32. The summed E-state index contributed by atoms with van der Waals surface area (Å²) < 4.78 is 39.2. The van der Waals surface area contributed by atoms with Crippen molar-refractivity contribution in [3.8, 4) is 0 Å². The van der Waals surface area contributed by atoms with Gasteiger partial charge in [0.05, 0.1) is 24.1 Å². The number of urea groups is 1. The van der Waals surface area contributed by atoms with Crippen LogP contribution in [0.4, 0.5) is 18.0 Å². The first-order valence-electron chi connectivity index (χ1n) is 9.62. The van der Waals surface area contributed by atoms with Gasteiger partial charge in [0, 0.05) is 6.54 Å². The molecule has 2 aromatic carbocycles. The van der Waals surface area contributed by atoms with Crippen LogP contribution in [0, 0.1) is 6.92 Å². The summed E-state index contributed by atoms with van der Waals surface area (Å²) >= 11 is 0. The minimum Gasteiger partial charge on any atom is -0.352 e. The monoisotopic (exact) mass is 421 g/mol. The number of aryl methyl sites for hydroxylation is 1. The lowest BCUT2D eigenvalue weighted by Gasteiger charge is -2.31. The lowest BCUT2D eigenvalue weighted by Crippen LogP contribution is -2.39. The third kappa shape index (κ3) is 5.75. The number of carbonyl (C=O) groups excluding carboxylic acids is 2. The summed E-state index contributed by atoms with van der Waals surface area (Å²) in [4.78, 5) is 26.0. The van der Waals surface area contributed by atoms with Gasteiger partial charge in [-0.2, -0.15) is 13.2 Å². The lowest BCUT2D eigenvalue weighted by atomic mass is 9.97. The molecule has 3 N–H and O–H groups in total. The van der Waals surface area contributed by atoms with E-state index in [2.05, 4.69) is 5.32 Å². The summed E-state index contributed by atoms with van der Waals surface area (Å²) in [6.07, 6.45) is -4.52. The Bertz CT molecular complexity index is 899. The molecule has 0 fully saturated rings. The molecule has 0 saturated carbocycles. The van der Waals surface area contributed by atoms with E-state index < -0.39 is 29.9 Å². The number of halogens is 3. The first-order chi connectivity index (χ1) is 14.0. The summed E-state index contributed by atoms with van der Waals surface area (Å²) in [7, 11) is 0. The first kappa shape index (κ1) is 23.3. The van der Waals surface area contributed by atoms with Crippen molar-refractivity contribution in [1.82, 2.24) is 10.2 Å². The van der Waals surface area contributed by atoms with Gasteiger partial charge in [0.25, 0.3) is 0 Å². The molecule has 0 radical (unpaired) electrons. The van der Waals surface area contributed by atoms with E-state index in [0.717, 1.165) is 23.3 Å². The van der Waals surface area contributed by atoms with Crippen LogP contribution >= 0.6 is 0 Å². The van der Waals surface area contributed by atoms with Crippen LogP contribution in [0.3, 0.4) is 0 Å². The van der Waals surface area contributed by atoms with Gasteiger partial charge in [0.1, 0.15) is 0 Å². The topological polar surface area (TPSA) is 75.4 Å². The molecule has 2 atom stereocenters. The van der Waals surface area contributed by atoms with Crippen molar-refractivity contribution in [3.05, 3.63) is 70.8 Å². The van der Waals surface area contributed by atoms with Crippen LogP contribution < -0.4 is 11.1 Å². The highest BCUT2D eigenvalue weighted by atomic mass is 19.4. The third-order valence-corrected chi connectivity index (χ3v) is 5.08. The third-order valence-electron chi connectivity index (χ3n) is 5.08. The Kier molecular flexibility index (Phi) is 7.48. The standard InChI is InChI=1S/C22H26F3N3O2/c1-4-28(15(3)16-9-7-10-17(12-16)22(23,24)25)20(29)13-19(27-21(26)30)18-11-6-5-8-14(18)2/h5-12,15,19H,4,13H2,1-3H3,(H3,26,27,30). The summed E-state index contributed by atoms with van der Waals surface area (Å²) in [5, 5.41) is 2.60. The SMILES string of the molecule is CCN(C(=O)CC(NC(N)=O)c1ccccc1C)C(C)c1cccc(C(F)(F)F)c1. The van der Waals surface area contributed by atoms with E-state index in [9.17, 15) is 22.8 Å². The number of carbonyl (C=O) groups is 2. The second kappa shape index (κ2) is 9.65. The minimum atomic E-state index is -4.46. The number of hydrogen-bond donors (Lipinski definition) is 2. The number of alkyl halides is 3. The molecule has 0 heterocycles. The van der Waals surface area contributed by atoms with E-state index in [1.807, 2.05) is 19.1 Å². The average Bonchev–Trinajstić information content (AvgIpc) is 2.67. The zero-order valence-corrected chi connectivity index (χ0v) is 17.2. The molecule has 0 saturated heterocycles. The van der Waals surface area contributed by atoms with Crippen molar-refractivity contribution >= 4 is 11.9 Å². The maximum Gasteiger partial charge on any atom is 0.416 e. The van der Waals surface area contributed by atoms with E-state index in [-0.39, 0.29) is 12.3 Å². The van der Waals surface area contributed by atoms with Crippen LogP contribution in [0.5, 0.6) is 0 Å². The van der Waals surface area contributed by atoms with E-state index in [4.69, 9.17) is 5.73 Å². The van der Waals surface area contributed by atoms with Gasteiger partial charge in [-0.15, -0.1) is 0 Å². The summed E-state index contributed by atoms with van der Waals surface area (Å²) in [5.41, 5.74) is 6.56. The molecule has 2 rings (SSSR count). The Morgan fingerprint density at radius 1 is 1.13 bits per heavy atom. The van der Waals surface area contributed by atoms with Crippen molar-refractivity contribution in [2.24, 2.45) is 5.73 Å². The molecular weight excluding hydrogens is 395 g/mol. The lowest BCUT2D eigenvalue weighted by molar-refractivity contribution is -0.137. The fraction of sp³-hybridized carbons (Fsp3) is 0.364. The number of primary amides is 1. The van der Waals surface area contributed by atoms with Gasteiger partial charge in [-0.1, -0.05) is 36.4 Å². The van der Waals surface area contributed by atoms with E-state index >= 15 is 0 Å². The number of amides is 3. The Balaban J connectivity index is 2.27. The molecule has 3 amide bonds. The summed E-state index contributed by atoms with van der Waals surface area (Å²) in [6, 6.07) is 10.3. The normalized spacial score (nSPS) is 13.4. The van der Waals surface area contributed by atoms with Crippen molar-refractivity contribution in [3.63, 3.8) is 0 Å². The fourth-order valence-electron chi connectivity index (χ4n) is 3.50. The van der Waals surface area contributed by atoms with Gasteiger partial charge in [-0.05, 0) is 49.6 Å². The first-order valence-corrected chi connectivity index (χ1v) is 9.62. The molecular formula is C22H26F3N3O2. The minimum absolute atomic E-state index is 0.0645. The van der Waals surface area contributed by atoms with Crippen molar-refractivity contribution < 1.29 is 22.8 Å². The molecule has 0 aliphatic rings. The largest absolute Gasteiger partial charge is 0.416 e. The zero-order chi connectivity index (χ0) is 22.5. The van der Waals surface area contributed by atoms with Gasteiger partial charge in [0.15, 0.2) is 0 Å². The van der Waals surface area contributed by atoms with Gasteiger partial charge in [-0.3, -0.25) is 4.79 Å². The number of rotatable bonds is 7. The summed E-state index contributed by atoms with van der Waals surface area (Å²) in [5.74, 6) is -0.301. The van der Waals surface area contributed by atoms with Crippen LogP contribution in [0.25, 0.3) is 0 Å². The smallest absolute Gasteiger partial charge is 0.352 e. The van der Waals surface area contributed by atoms with E-state index in [0.29, 0.717) is 12.1 Å². The molecule has 8 heteroatoms. The zero-order valence-electron chi connectivity index (χ0n) is 17.2. The number of benzene rings is 2. The number of hydrogen-bond acceptors (Lipinski definition) is 2. The number of nitrogens with one attached hydrogen (secondary N) is 1. The van der Waals surface area contributed by atoms with Crippen LogP contribution in [0.2, 0.25) is 0 Å². The molecule has 0 aliphatic heterocycles. The molecule has 0 spiro atoms. The molecule has 30 heavy (non-hydrogen) atoms. The molecule has 162 valence electrons. The van der Waals surface area contributed by atoms with E-state index in [1.54, 1.807) is 32.0 Å². The molecule has 0 aromatic heterocycles. The van der Waals surface area contributed by atoms with Gasteiger partial charge >= 0.3 is 12.2 Å².